The molecule has 27 heavy (non-hydrogen) atoms. The lowest BCUT2D eigenvalue weighted by atomic mass is 10.1. The summed E-state index contributed by atoms with van der Waals surface area (Å²) in [4.78, 5) is 15.9. The summed E-state index contributed by atoms with van der Waals surface area (Å²) in [6.07, 6.45) is 10.4. The van der Waals surface area contributed by atoms with Crippen LogP contribution in [0.25, 0.3) is 18.2 Å². The second-order valence-corrected chi connectivity index (χ2v) is 6.45. The molecule has 0 bridgehead atoms. The first-order valence-corrected chi connectivity index (χ1v) is 8.89. The number of halogens is 2. The molecule has 5 heteroatoms. The molecule has 3 nitrogen and oxygen atoms in total. The van der Waals surface area contributed by atoms with E-state index >= 15 is 0 Å². The molecule has 0 fully saturated rings. The van der Waals surface area contributed by atoms with Crippen molar-refractivity contribution in [1.29, 1.82) is 0 Å². The quantitative estimate of drug-likeness (QED) is 0.294. The molecule has 0 spiro atoms. The number of esters is 1. The Morgan fingerprint density at radius 1 is 0.852 bits per heavy atom. The Balaban J connectivity index is 1.60. The Hall–Kier alpha value is -2.88. The molecule has 1 aromatic heterocycles. The molecular formula is C22H15Cl2NO2. The Kier molecular flexibility index (Phi) is 6.42. The third kappa shape index (κ3) is 5.81. The molecule has 0 unspecified atom stereocenters. The number of nitrogens with zero attached hydrogens (tertiary/aromatic N) is 1. The van der Waals surface area contributed by atoms with Gasteiger partial charge in [0.25, 0.3) is 0 Å². The predicted octanol–water partition coefficient (Wildman–Crippen LogP) is 6.18. The highest BCUT2D eigenvalue weighted by Crippen LogP contribution is 2.22. The SMILES string of the molecule is O=C(/C=C/c1ccc(Cl)cc1Cl)Oc1ccc(/C=C/c2ccncc2)cc1. The maximum absolute atomic E-state index is 12.0. The summed E-state index contributed by atoms with van der Waals surface area (Å²) >= 11 is 11.9. The van der Waals surface area contributed by atoms with Crippen LogP contribution in [0, 0.1) is 0 Å². The summed E-state index contributed by atoms with van der Waals surface area (Å²) in [6, 6.07) is 16.1. The van der Waals surface area contributed by atoms with Crippen molar-refractivity contribution in [2.45, 2.75) is 0 Å². The molecule has 1 heterocycles. The first-order valence-electron chi connectivity index (χ1n) is 8.13. The maximum atomic E-state index is 12.0. The first-order chi connectivity index (χ1) is 13.1. The molecule has 134 valence electrons. The fourth-order valence-electron chi connectivity index (χ4n) is 2.26. The molecule has 0 amide bonds. The average Bonchev–Trinajstić information content (AvgIpc) is 2.67. The van der Waals surface area contributed by atoms with Crippen LogP contribution in [0.1, 0.15) is 16.7 Å². The van der Waals surface area contributed by atoms with Crippen molar-refractivity contribution in [3.05, 3.63) is 99.8 Å². The molecule has 0 radical (unpaired) electrons. The minimum Gasteiger partial charge on any atom is -0.423 e. The number of hydrogen-bond donors (Lipinski definition) is 0. The molecule has 0 saturated carbocycles. The van der Waals surface area contributed by atoms with Crippen molar-refractivity contribution < 1.29 is 9.53 Å². The summed E-state index contributed by atoms with van der Waals surface area (Å²) in [6.45, 7) is 0. The fraction of sp³-hybridized carbons (Fsp3) is 0. The van der Waals surface area contributed by atoms with Gasteiger partial charge >= 0.3 is 5.97 Å². The van der Waals surface area contributed by atoms with Crippen molar-refractivity contribution in [3.63, 3.8) is 0 Å². The van der Waals surface area contributed by atoms with E-state index in [1.165, 1.54) is 6.08 Å². The molecule has 0 aliphatic heterocycles. The highest BCUT2D eigenvalue weighted by molar-refractivity contribution is 6.35. The summed E-state index contributed by atoms with van der Waals surface area (Å²) in [5.74, 6) is -0.0194. The van der Waals surface area contributed by atoms with Gasteiger partial charge in [0.1, 0.15) is 5.75 Å². The van der Waals surface area contributed by atoms with E-state index in [1.54, 1.807) is 48.8 Å². The first kappa shape index (κ1) is 18.9. The van der Waals surface area contributed by atoms with Gasteiger partial charge in [-0.3, -0.25) is 4.98 Å². The number of aromatic nitrogens is 1. The highest BCUT2D eigenvalue weighted by atomic mass is 35.5. The van der Waals surface area contributed by atoms with E-state index in [0.717, 1.165) is 11.1 Å². The van der Waals surface area contributed by atoms with E-state index < -0.39 is 5.97 Å². The number of carbonyl (C=O) groups excluding carboxylic acids is 1. The van der Waals surface area contributed by atoms with Gasteiger partial charge in [-0.25, -0.2) is 4.79 Å². The minimum atomic E-state index is -0.485. The summed E-state index contributed by atoms with van der Waals surface area (Å²) in [7, 11) is 0. The van der Waals surface area contributed by atoms with Crippen LogP contribution in [0.5, 0.6) is 5.75 Å². The van der Waals surface area contributed by atoms with Gasteiger partial charge in [-0.2, -0.15) is 0 Å². The van der Waals surface area contributed by atoms with Crippen LogP contribution in [0.4, 0.5) is 0 Å². The van der Waals surface area contributed by atoms with E-state index in [9.17, 15) is 4.79 Å². The maximum Gasteiger partial charge on any atom is 0.336 e. The number of carbonyl (C=O) groups is 1. The standard InChI is InChI=1S/C22H15Cl2NO2/c23-19-7-5-18(21(24)15-19)6-10-22(26)27-20-8-3-16(4-9-20)1-2-17-11-13-25-14-12-17/h1-15H/b2-1+,10-6+. The molecule has 0 N–H and O–H groups in total. The van der Waals surface area contributed by atoms with E-state index in [1.807, 2.05) is 36.4 Å². The van der Waals surface area contributed by atoms with E-state index in [-0.39, 0.29) is 0 Å². The van der Waals surface area contributed by atoms with Crippen LogP contribution in [-0.2, 0) is 4.79 Å². The molecular weight excluding hydrogens is 381 g/mol. The van der Waals surface area contributed by atoms with Crippen LogP contribution < -0.4 is 4.74 Å². The Morgan fingerprint density at radius 2 is 1.52 bits per heavy atom. The number of hydrogen-bond acceptors (Lipinski definition) is 3. The summed E-state index contributed by atoms with van der Waals surface area (Å²) in [5, 5.41) is 1.01. The molecule has 0 atom stereocenters. The third-order valence-electron chi connectivity index (χ3n) is 3.63. The monoisotopic (exact) mass is 395 g/mol. The number of benzene rings is 2. The highest BCUT2D eigenvalue weighted by Gasteiger charge is 2.02. The van der Waals surface area contributed by atoms with Crippen LogP contribution in [0.2, 0.25) is 10.0 Å². The lowest BCUT2D eigenvalue weighted by Gasteiger charge is -2.02. The largest absolute Gasteiger partial charge is 0.423 e. The molecule has 0 aliphatic rings. The molecule has 0 saturated heterocycles. The van der Waals surface area contributed by atoms with Gasteiger partial charge < -0.3 is 4.74 Å². The number of rotatable bonds is 5. The normalized spacial score (nSPS) is 11.2. The van der Waals surface area contributed by atoms with Gasteiger partial charge in [-0.05, 0) is 59.2 Å². The van der Waals surface area contributed by atoms with Crippen LogP contribution in [-0.4, -0.2) is 11.0 Å². The van der Waals surface area contributed by atoms with Crippen molar-refractivity contribution in [2.24, 2.45) is 0 Å². The molecule has 0 aliphatic carbocycles. The number of ether oxygens (including phenoxy) is 1. The van der Waals surface area contributed by atoms with Crippen molar-refractivity contribution >= 4 is 47.4 Å². The summed E-state index contributed by atoms with van der Waals surface area (Å²) < 4.78 is 5.29. The Morgan fingerprint density at radius 3 is 2.19 bits per heavy atom. The second kappa shape index (κ2) is 9.17. The minimum absolute atomic E-state index is 0.466. The van der Waals surface area contributed by atoms with Gasteiger partial charge in [0.05, 0.1) is 0 Å². The van der Waals surface area contributed by atoms with Crippen molar-refractivity contribution in [2.75, 3.05) is 0 Å². The smallest absolute Gasteiger partial charge is 0.336 e. The zero-order valence-electron chi connectivity index (χ0n) is 14.2. The molecule has 3 aromatic rings. The zero-order valence-corrected chi connectivity index (χ0v) is 15.7. The van der Waals surface area contributed by atoms with E-state index in [4.69, 9.17) is 27.9 Å². The lowest BCUT2D eigenvalue weighted by molar-refractivity contribution is -0.128. The average molecular weight is 396 g/mol. The van der Waals surface area contributed by atoms with Gasteiger partial charge in [0, 0.05) is 28.5 Å². The second-order valence-electron chi connectivity index (χ2n) is 5.60. The van der Waals surface area contributed by atoms with Gasteiger partial charge in [0.2, 0.25) is 0 Å². The fourth-order valence-corrected chi connectivity index (χ4v) is 2.73. The molecule has 3 rings (SSSR count). The van der Waals surface area contributed by atoms with Gasteiger partial charge in [0.15, 0.2) is 0 Å². The van der Waals surface area contributed by atoms with Crippen LogP contribution in [0.15, 0.2) is 73.1 Å². The predicted molar refractivity (Wildman–Crippen MR) is 111 cm³/mol. The Labute approximate surface area is 167 Å². The molecule has 2 aromatic carbocycles. The number of pyridine rings is 1. The topological polar surface area (TPSA) is 39.2 Å². The van der Waals surface area contributed by atoms with Crippen molar-refractivity contribution in [1.82, 2.24) is 4.98 Å². The van der Waals surface area contributed by atoms with Crippen LogP contribution in [0.3, 0.4) is 0 Å². The van der Waals surface area contributed by atoms with Crippen molar-refractivity contribution in [3.8, 4) is 5.75 Å². The van der Waals surface area contributed by atoms with Crippen LogP contribution >= 0.6 is 23.2 Å². The van der Waals surface area contributed by atoms with E-state index in [0.29, 0.717) is 21.4 Å². The lowest BCUT2D eigenvalue weighted by Crippen LogP contribution is -2.03. The third-order valence-corrected chi connectivity index (χ3v) is 4.20. The van der Waals surface area contributed by atoms with Gasteiger partial charge in [-0.15, -0.1) is 0 Å². The summed E-state index contributed by atoms with van der Waals surface area (Å²) in [5.41, 5.74) is 2.75. The van der Waals surface area contributed by atoms with Gasteiger partial charge in [-0.1, -0.05) is 53.6 Å². The van der Waals surface area contributed by atoms with E-state index in [2.05, 4.69) is 4.98 Å². The Bertz CT molecular complexity index is 981. The zero-order chi connectivity index (χ0) is 19.1.